The van der Waals surface area contributed by atoms with Crippen LogP contribution in [-0.4, -0.2) is 50.3 Å². The Bertz CT molecular complexity index is 528. The molecule has 0 aromatic rings. The molecule has 0 amide bonds. The molecule has 0 rings (SSSR count). The van der Waals surface area contributed by atoms with Crippen LogP contribution in [0, 0.1) is 17.8 Å². The number of rotatable bonds is 19. The Morgan fingerprint density at radius 3 is 1.94 bits per heavy atom. The van der Waals surface area contributed by atoms with Crippen molar-refractivity contribution in [2.45, 2.75) is 92.4 Å². The van der Waals surface area contributed by atoms with E-state index in [1.165, 1.54) is 50.5 Å². The van der Waals surface area contributed by atoms with Crippen LogP contribution in [0.5, 0.6) is 0 Å². The van der Waals surface area contributed by atoms with Gasteiger partial charge in [0, 0.05) is 0 Å². The lowest BCUT2D eigenvalue weighted by atomic mass is 9.91. The lowest BCUT2D eigenvalue weighted by Crippen LogP contribution is -2.37. The van der Waals surface area contributed by atoms with E-state index in [0.717, 1.165) is 30.6 Å². The zero-order valence-electron chi connectivity index (χ0n) is 21.9. The van der Waals surface area contributed by atoms with Crippen molar-refractivity contribution in [2.75, 3.05) is 40.9 Å². The van der Waals surface area contributed by atoms with Gasteiger partial charge in [0.15, 0.2) is 0 Å². The highest BCUT2D eigenvalue weighted by atomic mass is 31.2. The normalized spacial score (nSPS) is 17.0. The highest BCUT2D eigenvalue weighted by Crippen LogP contribution is 2.43. The summed E-state index contributed by atoms with van der Waals surface area (Å²) in [4.78, 5) is 9.74. The van der Waals surface area contributed by atoms with Gasteiger partial charge in [-0.05, 0) is 37.5 Å². The fourth-order valence-electron chi connectivity index (χ4n) is 3.55. The van der Waals surface area contributed by atoms with Crippen molar-refractivity contribution in [1.82, 2.24) is 0 Å². The van der Waals surface area contributed by atoms with E-state index in [0.29, 0.717) is 11.0 Å². The van der Waals surface area contributed by atoms with Gasteiger partial charge < -0.3 is 9.38 Å². The van der Waals surface area contributed by atoms with Crippen molar-refractivity contribution in [1.29, 1.82) is 0 Å². The summed E-state index contributed by atoms with van der Waals surface area (Å²) >= 11 is 0. The van der Waals surface area contributed by atoms with Gasteiger partial charge in [-0.2, -0.15) is 0 Å². The molecule has 0 aliphatic carbocycles. The maximum Gasteiger partial charge on any atom is 0.472 e. The molecule has 5 nitrogen and oxygen atoms in total. The van der Waals surface area contributed by atoms with E-state index in [1.54, 1.807) is 0 Å². The Hall–Kier alpha value is -0.190. The van der Waals surface area contributed by atoms with Crippen molar-refractivity contribution in [2.24, 2.45) is 17.8 Å². The summed E-state index contributed by atoms with van der Waals surface area (Å²) in [5, 5.41) is 0. The van der Waals surface area contributed by atoms with Crippen LogP contribution >= 0.6 is 7.82 Å². The smallest absolute Gasteiger partial charge is 0.329 e. The number of phosphoric acid groups is 1. The van der Waals surface area contributed by atoms with E-state index in [9.17, 15) is 9.46 Å². The average molecular weight is 463 g/mol. The Balaban J connectivity index is 3.87. The summed E-state index contributed by atoms with van der Waals surface area (Å²) in [6.45, 7) is 12.4. The second-order valence-corrected chi connectivity index (χ2v) is 12.5. The largest absolute Gasteiger partial charge is 0.472 e. The second-order valence-electron chi connectivity index (χ2n) is 11.0. The van der Waals surface area contributed by atoms with Crippen molar-refractivity contribution >= 4 is 7.82 Å². The predicted molar refractivity (Wildman–Crippen MR) is 133 cm³/mol. The number of hydrogen-bond donors (Lipinski definition) is 1. The molecule has 0 aliphatic heterocycles. The molecule has 3 atom stereocenters. The minimum Gasteiger partial charge on any atom is -0.329 e. The van der Waals surface area contributed by atoms with Crippen molar-refractivity contribution in [3.63, 3.8) is 0 Å². The van der Waals surface area contributed by atoms with Crippen LogP contribution in [0.3, 0.4) is 0 Å². The molecule has 0 radical (unpaired) electrons. The summed E-state index contributed by atoms with van der Waals surface area (Å²) in [6.07, 6.45) is 13.4. The molecular formula is C25H53NO4P+. The highest BCUT2D eigenvalue weighted by molar-refractivity contribution is 7.47. The third-order valence-electron chi connectivity index (χ3n) is 5.83. The zero-order valence-corrected chi connectivity index (χ0v) is 22.8. The first-order valence-corrected chi connectivity index (χ1v) is 13.9. The molecular weight excluding hydrogens is 409 g/mol. The van der Waals surface area contributed by atoms with E-state index < -0.39 is 7.82 Å². The molecule has 0 aromatic heterocycles. The Kier molecular flexibility index (Phi) is 16.3. The van der Waals surface area contributed by atoms with Gasteiger partial charge in [0.05, 0.1) is 27.7 Å². The maximum absolute atomic E-state index is 11.9. The molecule has 0 aliphatic rings. The first-order chi connectivity index (χ1) is 14.3. The first-order valence-electron chi connectivity index (χ1n) is 12.4. The molecule has 0 bridgehead atoms. The van der Waals surface area contributed by atoms with Crippen LogP contribution in [0.15, 0.2) is 11.6 Å². The number of nitrogens with zero attached hydrogens (tertiary/aromatic N) is 1. The molecule has 0 aromatic carbocycles. The first kappa shape index (κ1) is 30.8. The Labute approximate surface area is 193 Å². The van der Waals surface area contributed by atoms with Gasteiger partial charge in [-0.15, -0.1) is 0 Å². The van der Waals surface area contributed by atoms with E-state index in [4.69, 9.17) is 9.05 Å². The average Bonchev–Trinajstić information content (AvgIpc) is 2.59. The summed E-state index contributed by atoms with van der Waals surface area (Å²) in [5.41, 5.74) is 1.21. The van der Waals surface area contributed by atoms with Gasteiger partial charge in [0.2, 0.25) is 0 Å². The topological polar surface area (TPSA) is 55.8 Å². The van der Waals surface area contributed by atoms with E-state index in [2.05, 4.69) is 34.6 Å². The standard InChI is InChI=1S/C25H52NO4P/c1-22(2)12-9-13-23(3)14-10-15-24(4)16-11-17-25(5)18-20-29-31(27,28)30-21-19-26(6,7)8/h18,22-24H,9-17,19-21H2,1-8H3/p+1/b25-18+/t23-,24-/m1/s1. The van der Waals surface area contributed by atoms with Gasteiger partial charge in [0.1, 0.15) is 13.2 Å². The number of quaternary nitrogens is 1. The van der Waals surface area contributed by atoms with Gasteiger partial charge in [-0.25, -0.2) is 4.57 Å². The van der Waals surface area contributed by atoms with Crippen LogP contribution in [0.4, 0.5) is 0 Å². The fourth-order valence-corrected chi connectivity index (χ4v) is 4.20. The Morgan fingerprint density at radius 2 is 1.42 bits per heavy atom. The van der Waals surface area contributed by atoms with Gasteiger partial charge in [0.25, 0.3) is 0 Å². The molecule has 0 saturated carbocycles. The summed E-state index contributed by atoms with van der Waals surface area (Å²) in [5.74, 6) is 2.45. The lowest BCUT2D eigenvalue weighted by Gasteiger charge is -2.23. The third-order valence-corrected chi connectivity index (χ3v) is 6.81. The molecule has 186 valence electrons. The summed E-state index contributed by atoms with van der Waals surface area (Å²) in [7, 11) is 2.06. The van der Waals surface area contributed by atoms with Crippen LogP contribution in [-0.2, 0) is 13.6 Å². The quantitative estimate of drug-likeness (QED) is 0.125. The molecule has 6 heteroatoms. The summed E-state index contributed by atoms with van der Waals surface area (Å²) in [6, 6.07) is 0. The molecule has 1 N–H and O–H groups in total. The van der Waals surface area contributed by atoms with E-state index in [-0.39, 0.29) is 13.2 Å². The predicted octanol–water partition coefficient (Wildman–Crippen LogP) is 7.21. The number of phosphoric ester groups is 1. The van der Waals surface area contributed by atoms with Crippen LogP contribution in [0.2, 0.25) is 0 Å². The van der Waals surface area contributed by atoms with E-state index in [1.807, 2.05) is 27.2 Å². The molecule has 0 fully saturated rings. The molecule has 31 heavy (non-hydrogen) atoms. The molecule has 1 unspecified atom stereocenters. The van der Waals surface area contributed by atoms with Gasteiger partial charge >= 0.3 is 7.82 Å². The highest BCUT2D eigenvalue weighted by Gasteiger charge is 2.21. The van der Waals surface area contributed by atoms with Gasteiger partial charge in [-0.1, -0.05) is 84.3 Å². The molecule has 0 spiro atoms. The monoisotopic (exact) mass is 462 g/mol. The number of allylic oxidation sites excluding steroid dienone is 1. The molecule has 0 saturated heterocycles. The van der Waals surface area contributed by atoms with Crippen LogP contribution in [0.1, 0.15) is 92.4 Å². The number of hydrogen-bond acceptors (Lipinski definition) is 3. The van der Waals surface area contributed by atoms with Crippen molar-refractivity contribution in [3.8, 4) is 0 Å². The van der Waals surface area contributed by atoms with E-state index >= 15 is 0 Å². The lowest BCUT2D eigenvalue weighted by molar-refractivity contribution is -0.870. The SMILES string of the molecule is C/C(=C\COP(=O)(O)OCC[N+](C)(C)C)CCC[C@H](C)CCC[C@H](C)CCCC(C)C. The minimum atomic E-state index is -3.96. The van der Waals surface area contributed by atoms with Crippen molar-refractivity contribution in [3.05, 3.63) is 11.6 Å². The van der Waals surface area contributed by atoms with Crippen molar-refractivity contribution < 1.29 is 23.0 Å². The minimum absolute atomic E-state index is 0.119. The third kappa shape index (κ3) is 21.4. The van der Waals surface area contributed by atoms with Gasteiger partial charge in [-0.3, -0.25) is 9.05 Å². The molecule has 0 heterocycles. The second kappa shape index (κ2) is 16.4. The van der Waals surface area contributed by atoms with Crippen LogP contribution in [0.25, 0.3) is 0 Å². The Morgan fingerprint density at radius 1 is 0.903 bits per heavy atom. The maximum atomic E-state index is 11.9. The number of likely N-dealkylation sites (N-methyl/N-ethyl adjacent to an activating group) is 1. The summed E-state index contributed by atoms with van der Waals surface area (Å²) < 4.78 is 22.7. The van der Waals surface area contributed by atoms with Crippen LogP contribution < -0.4 is 0 Å². The fraction of sp³-hybridized carbons (Fsp3) is 0.920. The zero-order chi connectivity index (χ0) is 23.9.